The van der Waals surface area contributed by atoms with Crippen LogP contribution in [0.4, 0.5) is 0 Å². The molecule has 0 bridgehead atoms. The summed E-state index contributed by atoms with van der Waals surface area (Å²) in [6, 6.07) is 15.7. The molecule has 0 radical (unpaired) electrons. The summed E-state index contributed by atoms with van der Waals surface area (Å²) in [6.45, 7) is 1.98. The van der Waals surface area contributed by atoms with E-state index >= 15 is 0 Å². The molecule has 0 aliphatic heterocycles. The quantitative estimate of drug-likeness (QED) is 0.281. The molecule has 1 aromatic heterocycles. The molecule has 6 heteroatoms. The first-order valence-corrected chi connectivity index (χ1v) is 8.59. The lowest BCUT2D eigenvalue weighted by molar-refractivity contribution is -0.353. The van der Waals surface area contributed by atoms with Crippen molar-refractivity contribution in [2.45, 2.75) is 12.9 Å². The van der Waals surface area contributed by atoms with Crippen LogP contribution in [0.1, 0.15) is 16.7 Å². The van der Waals surface area contributed by atoms with Crippen LogP contribution in [0.15, 0.2) is 69.9 Å². The van der Waals surface area contributed by atoms with E-state index in [4.69, 9.17) is 18.6 Å². The number of rotatable bonds is 6. The molecule has 0 unspecified atom stereocenters. The second-order valence-electron chi connectivity index (χ2n) is 6.10. The molecule has 6 nitrogen and oxygen atoms in total. The molecule has 3 aromatic rings. The summed E-state index contributed by atoms with van der Waals surface area (Å²) in [5.74, 6) is -2.59. The van der Waals surface area contributed by atoms with E-state index in [1.807, 2.05) is 31.2 Å². The van der Waals surface area contributed by atoms with Crippen LogP contribution >= 0.6 is 0 Å². The Morgan fingerprint density at radius 1 is 1.04 bits per heavy atom. The highest BCUT2D eigenvalue weighted by molar-refractivity contribution is 5.88. The largest absolute Gasteiger partial charge is 0.423 e. The van der Waals surface area contributed by atoms with Gasteiger partial charge in [0.15, 0.2) is 0 Å². The maximum atomic E-state index is 12.4. The van der Waals surface area contributed by atoms with Crippen molar-refractivity contribution >= 4 is 23.0 Å². The van der Waals surface area contributed by atoms with Crippen molar-refractivity contribution in [1.82, 2.24) is 0 Å². The second-order valence-corrected chi connectivity index (χ2v) is 6.10. The summed E-state index contributed by atoms with van der Waals surface area (Å²) in [5, 5.41) is 0.529. The molecule has 1 heterocycles. The smallest absolute Gasteiger partial charge is 0.359 e. The Morgan fingerprint density at radius 3 is 2.39 bits per heavy atom. The monoisotopic (exact) mass is 380 g/mol. The van der Waals surface area contributed by atoms with Gasteiger partial charge in [0.05, 0.1) is 5.56 Å². The standard InChI is InChI=1S/C22H20O6/c1-15-8-10-16(11-9-15)12-13-20(23)28-22(25-2,26-3)18-14-21(24)27-19-7-5-4-6-17(18)19/h4-14H,1-3H3. The molecule has 0 saturated carbocycles. The van der Waals surface area contributed by atoms with E-state index in [-0.39, 0.29) is 5.56 Å². The Kier molecular flexibility index (Phi) is 5.73. The number of esters is 1. The predicted octanol–water partition coefficient (Wildman–Crippen LogP) is 3.76. The van der Waals surface area contributed by atoms with Crippen LogP contribution in [-0.2, 0) is 25.0 Å². The lowest BCUT2D eigenvalue weighted by Gasteiger charge is -2.30. The minimum absolute atomic E-state index is 0.237. The van der Waals surface area contributed by atoms with E-state index < -0.39 is 17.6 Å². The van der Waals surface area contributed by atoms with E-state index in [9.17, 15) is 9.59 Å². The maximum absolute atomic E-state index is 12.4. The van der Waals surface area contributed by atoms with Gasteiger partial charge in [-0.1, -0.05) is 48.0 Å². The number of aryl methyl sites for hydroxylation is 1. The SMILES string of the molecule is COC(OC)(OC(=O)C=Cc1ccc(C)cc1)c1cc(=O)oc2ccccc12. The molecule has 0 amide bonds. The molecule has 0 atom stereocenters. The van der Waals surface area contributed by atoms with Crippen LogP contribution in [0.2, 0.25) is 0 Å². The number of fused-ring (bicyclic) bond motifs is 1. The van der Waals surface area contributed by atoms with E-state index in [1.54, 1.807) is 30.3 Å². The van der Waals surface area contributed by atoms with E-state index in [1.165, 1.54) is 26.4 Å². The lowest BCUT2D eigenvalue weighted by atomic mass is 10.1. The van der Waals surface area contributed by atoms with Crippen LogP contribution in [0.3, 0.4) is 0 Å². The Hall–Kier alpha value is -3.22. The van der Waals surface area contributed by atoms with Crippen LogP contribution in [-0.4, -0.2) is 20.2 Å². The first-order valence-electron chi connectivity index (χ1n) is 8.59. The molecule has 0 N–H and O–H groups in total. The lowest BCUT2D eigenvalue weighted by Crippen LogP contribution is -2.37. The van der Waals surface area contributed by atoms with Crippen molar-refractivity contribution < 1.29 is 23.4 Å². The highest BCUT2D eigenvalue weighted by atomic mass is 16.9. The first kappa shape index (κ1) is 19.5. The van der Waals surface area contributed by atoms with E-state index in [0.717, 1.165) is 11.1 Å². The van der Waals surface area contributed by atoms with Crippen molar-refractivity contribution in [3.8, 4) is 0 Å². The van der Waals surface area contributed by atoms with Gasteiger partial charge in [0, 0.05) is 31.7 Å². The fourth-order valence-electron chi connectivity index (χ4n) is 2.81. The van der Waals surface area contributed by atoms with Crippen LogP contribution in [0.5, 0.6) is 0 Å². The molecule has 0 fully saturated rings. The van der Waals surface area contributed by atoms with Crippen LogP contribution in [0, 0.1) is 6.92 Å². The minimum atomic E-state index is -1.90. The Morgan fingerprint density at radius 2 is 1.71 bits per heavy atom. The average Bonchev–Trinajstić information content (AvgIpc) is 2.71. The van der Waals surface area contributed by atoms with Crippen molar-refractivity contribution in [3.63, 3.8) is 0 Å². The fourth-order valence-corrected chi connectivity index (χ4v) is 2.81. The molecule has 0 spiro atoms. The Bertz CT molecular complexity index is 1060. The van der Waals surface area contributed by atoms with Crippen LogP contribution in [0.25, 0.3) is 17.0 Å². The number of methoxy groups -OCH3 is 2. The number of hydrogen-bond donors (Lipinski definition) is 0. The first-order chi connectivity index (χ1) is 13.5. The minimum Gasteiger partial charge on any atom is -0.423 e. The predicted molar refractivity (Wildman–Crippen MR) is 104 cm³/mol. The van der Waals surface area contributed by atoms with Gasteiger partial charge < -0.3 is 18.6 Å². The summed E-state index contributed by atoms with van der Waals surface area (Å²) in [7, 11) is 2.65. The number of para-hydroxylation sites is 1. The summed E-state index contributed by atoms with van der Waals surface area (Å²) in [6.07, 6.45) is 2.89. The van der Waals surface area contributed by atoms with Gasteiger partial charge in [-0.05, 0) is 24.6 Å². The van der Waals surface area contributed by atoms with E-state index in [2.05, 4.69) is 0 Å². The van der Waals surface area contributed by atoms with Crippen LogP contribution < -0.4 is 5.63 Å². The number of hydrogen-bond acceptors (Lipinski definition) is 6. The number of ether oxygens (including phenoxy) is 3. The molecule has 2 aromatic carbocycles. The Labute approximate surface area is 162 Å². The number of carbonyl (C=O) groups is 1. The molecular weight excluding hydrogens is 360 g/mol. The Balaban J connectivity index is 1.95. The molecule has 28 heavy (non-hydrogen) atoms. The van der Waals surface area contributed by atoms with Gasteiger partial charge in [-0.25, -0.2) is 9.59 Å². The van der Waals surface area contributed by atoms with Crippen molar-refractivity contribution in [1.29, 1.82) is 0 Å². The number of carbonyl (C=O) groups excluding carboxylic acids is 1. The van der Waals surface area contributed by atoms with Gasteiger partial charge in [0.1, 0.15) is 5.58 Å². The summed E-state index contributed by atoms with van der Waals surface area (Å²) in [4.78, 5) is 24.4. The highest BCUT2D eigenvalue weighted by Gasteiger charge is 2.39. The molecule has 0 aliphatic rings. The highest BCUT2D eigenvalue weighted by Crippen LogP contribution is 2.32. The van der Waals surface area contributed by atoms with Gasteiger partial charge in [-0.15, -0.1) is 0 Å². The van der Waals surface area contributed by atoms with E-state index in [0.29, 0.717) is 11.0 Å². The molecular formula is C22H20O6. The van der Waals surface area contributed by atoms with Crippen molar-refractivity contribution in [2.75, 3.05) is 14.2 Å². The molecule has 144 valence electrons. The zero-order chi connectivity index (χ0) is 20.1. The van der Waals surface area contributed by atoms with Gasteiger partial charge >= 0.3 is 17.6 Å². The molecule has 0 aliphatic carbocycles. The molecule has 0 saturated heterocycles. The summed E-state index contributed by atoms with van der Waals surface area (Å²) >= 11 is 0. The van der Waals surface area contributed by atoms with Gasteiger partial charge in [-0.3, -0.25) is 0 Å². The zero-order valence-electron chi connectivity index (χ0n) is 15.8. The average molecular weight is 380 g/mol. The summed E-state index contributed by atoms with van der Waals surface area (Å²) < 4.78 is 21.5. The second kappa shape index (κ2) is 8.21. The van der Waals surface area contributed by atoms with Gasteiger partial charge in [0.2, 0.25) is 0 Å². The number of benzene rings is 2. The topological polar surface area (TPSA) is 75.0 Å². The third-order valence-corrected chi connectivity index (χ3v) is 4.24. The molecule has 3 rings (SSSR count). The van der Waals surface area contributed by atoms with Crippen molar-refractivity contribution in [3.05, 3.63) is 87.8 Å². The normalized spacial score (nSPS) is 11.8. The van der Waals surface area contributed by atoms with Gasteiger partial charge in [-0.2, -0.15) is 0 Å². The zero-order valence-corrected chi connectivity index (χ0v) is 15.8. The van der Waals surface area contributed by atoms with Gasteiger partial charge in [0.25, 0.3) is 0 Å². The third-order valence-electron chi connectivity index (χ3n) is 4.24. The third kappa shape index (κ3) is 4.03. The van der Waals surface area contributed by atoms with Crippen molar-refractivity contribution in [2.24, 2.45) is 0 Å². The maximum Gasteiger partial charge on any atom is 0.359 e. The fraction of sp³-hybridized carbons (Fsp3) is 0.182. The summed E-state index contributed by atoms with van der Waals surface area (Å²) in [5.41, 5.74) is 1.91.